The number of carboxylic acid groups (broad SMARTS) is 1. The lowest BCUT2D eigenvalue weighted by Crippen LogP contribution is -2.46. The van der Waals surface area contributed by atoms with Crippen LogP contribution < -0.4 is 10.6 Å². The van der Waals surface area contributed by atoms with Crippen LogP contribution in [0, 0.1) is 6.92 Å². The number of carbonyl (C=O) groups excluding carboxylic acids is 1. The van der Waals surface area contributed by atoms with Crippen molar-refractivity contribution in [3.63, 3.8) is 0 Å². The average molecular weight is 264 g/mol. The molecule has 0 spiro atoms. The summed E-state index contributed by atoms with van der Waals surface area (Å²) in [6, 6.07) is 6.69. The van der Waals surface area contributed by atoms with Crippen molar-refractivity contribution >= 4 is 12.0 Å². The molecule has 0 radical (unpaired) electrons. The largest absolute Gasteiger partial charge is 0.480 e. The van der Waals surface area contributed by atoms with Gasteiger partial charge in [0.1, 0.15) is 6.04 Å². The van der Waals surface area contributed by atoms with Crippen molar-refractivity contribution in [3.05, 3.63) is 35.4 Å². The first-order chi connectivity index (χ1) is 9.04. The van der Waals surface area contributed by atoms with E-state index >= 15 is 0 Å². The van der Waals surface area contributed by atoms with Crippen LogP contribution in [0.1, 0.15) is 24.5 Å². The summed E-state index contributed by atoms with van der Waals surface area (Å²) in [5.41, 5.74) is 2.36. The van der Waals surface area contributed by atoms with Crippen molar-refractivity contribution in [1.29, 1.82) is 0 Å². The van der Waals surface area contributed by atoms with Gasteiger partial charge in [-0.05, 0) is 30.9 Å². The maximum Gasteiger partial charge on any atom is 0.326 e. The van der Waals surface area contributed by atoms with E-state index in [1.54, 1.807) is 6.92 Å². The molecule has 19 heavy (non-hydrogen) atoms. The molecule has 2 amide bonds. The number of amides is 2. The van der Waals surface area contributed by atoms with E-state index in [1.807, 2.05) is 31.2 Å². The Bertz CT molecular complexity index is 446. The van der Waals surface area contributed by atoms with Gasteiger partial charge in [0.2, 0.25) is 0 Å². The molecule has 1 aromatic rings. The molecule has 0 aliphatic carbocycles. The number of aryl methyl sites for hydroxylation is 1. The predicted molar refractivity (Wildman–Crippen MR) is 73.1 cm³/mol. The Morgan fingerprint density at radius 3 is 2.58 bits per heavy atom. The highest BCUT2D eigenvalue weighted by atomic mass is 16.4. The van der Waals surface area contributed by atoms with E-state index in [2.05, 4.69) is 10.6 Å². The van der Waals surface area contributed by atoms with Crippen LogP contribution in [-0.4, -0.2) is 29.7 Å². The topological polar surface area (TPSA) is 78.4 Å². The van der Waals surface area contributed by atoms with Crippen LogP contribution in [0.2, 0.25) is 0 Å². The van der Waals surface area contributed by atoms with Gasteiger partial charge >= 0.3 is 12.0 Å². The monoisotopic (exact) mass is 264 g/mol. The number of carboxylic acids is 1. The standard InChI is InChI=1S/C14H20N2O3/c1-3-12(13(17)18)16-14(19)15-9-8-11-7-5-4-6-10(11)2/h4-7,12H,3,8-9H2,1-2H3,(H,17,18)(H2,15,16,19)/t12-/m0/s1. The molecule has 3 N–H and O–H groups in total. The van der Waals surface area contributed by atoms with Gasteiger partial charge in [0, 0.05) is 6.54 Å². The molecule has 1 atom stereocenters. The fourth-order valence-corrected chi connectivity index (χ4v) is 1.75. The lowest BCUT2D eigenvalue weighted by molar-refractivity contribution is -0.139. The minimum atomic E-state index is -1.02. The highest BCUT2D eigenvalue weighted by molar-refractivity contribution is 5.82. The van der Waals surface area contributed by atoms with Gasteiger partial charge in [-0.15, -0.1) is 0 Å². The van der Waals surface area contributed by atoms with Crippen LogP contribution >= 0.6 is 0 Å². The molecule has 1 rings (SSSR count). The van der Waals surface area contributed by atoms with Crippen LogP contribution in [0.25, 0.3) is 0 Å². The molecule has 0 saturated carbocycles. The van der Waals surface area contributed by atoms with Crippen molar-refractivity contribution in [1.82, 2.24) is 10.6 Å². The van der Waals surface area contributed by atoms with E-state index in [0.29, 0.717) is 13.0 Å². The van der Waals surface area contributed by atoms with E-state index in [1.165, 1.54) is 11.1 Å². The minimum Gasteiger partial charge on any atom is -0.480 e. The van der Waals surface area contributed by atoms with Gasteiger partial charge in [0.25, 0.3) is 0 Å². The van der Waals surface area contributed by atoms with E-state index in [-0.39, 0.29) is 0 Å². The molecule has 0 bridgehead atoms. The number of hydrogen-bond acceptors (Lipinski definition) is 2. The number of carbonyl (C=O) groups is 2. The molecule has 5 heteroatoms. The Balaban J connectivity index is 2.35. The maximum atomic E-state index is 11.5. The quantitative estimate of drug-likeness (QED) is 0.731. The normalized spacial score (nSPS) is 11.7. The molecule has 0 fully saturated rings. The Kier molecular flexibility index (Phi) is 5.85. The molecule has 0 saturated heterocycles. The average Bonchev–Trinajstić information content (AvgIpc) is 2.38. The van der Waals surface area contributed by atoms with Crippen molar-refractivity contribution in [3.8, 4) is 0 Å². The molecule has 0 aromatic heterocycles. The summed E-state index contributed by atoms with van der Waals surface area (Å²) in [6.45, 7) is 4.21. The van der Waals surface area contributed by atoms with Crippen molar-refractivity contribution in [2.24, 2.45) is 0 Å². The number of aliphatic carboxylic acids is 1. The fraction of sp³-hybridized carbons (Fsp3) is 0.429. The van der Waals surface area contributed by atoms with Gasteiger partial charge in [0.05, 0.1) is 0 Å². The van der Waals surface area contributed by atoms with Crippen LogP contribution in [0.5, 0.6) is 0 Å². The summed E-state index contributed by atoms with van der Waals surface area (Å²) < 4.78 is 0. The molecule has 0 heterocycles. The minimum absolute atomic E-state index is 0.362. The van der Waals surface area contributed by atoms with Crippen LogP contribution in [-0.2, 0) is 11.2 Å². The van der Waals surface area contributed by atoms with Gasteiger partial charge in [-0.25, -0.2) is 9.59 Å². The number of nitrogens with one attached hydrogen (secondary N) is 2. The third-order valence-corrected chi connectivity index (χ3v) is 2.95. The number of hydrogen-bond donors (Lipinski definition) is 3. The fourth-order valence-electron chi connectivity index (χ4n) is 1.75. The Labute approximate surface area is 113 Å². The second-order valence-electron chi connectivity index (χ2n) is 4.38. The zero-order chi connectivity index (χ0) is 14.3. The smallest absolute Gasteiger partial charge is 0.326 e. The molecule has 0 aliphatic rings. The molecule has 0 unspecified atom stereocenters. The zero-order valence-corrected chi connectivity index (χ0v) is 11.3. The van der Waals surface area contributed by atoms with E-state index in [0.717, 1.165) is 6.42 Å². The van der Waals surface area contributed by atoms with Crippen LogP contribution in [0.15, 0.2) is 24.3 Å². The first-order valence-electron chi connectivity index (χ1n) is 6.36. The third-order valence-electron chi connectivity index (χ3n) is 2.95. The molecular weight excluding hydrogens is 244 g/mol. The van der Waals surface area contributed by atoms with Crippen molar-refractivity contribution in [2.45, 2.75) is 32.7 Å². The zero-order valence-electron chi connectivity index (χ0n) is 11.3. The first-order valence-corrected chi connectivity index (χ1v) is 6.36. The lowest BCUT2D eigenvalue weighted by Gasteiger charge is -2.13. The summed E-state index contributed by atoms with van der Waals surface area (Å²) in [5.74, 6) is -1.02. The van der Waals surface area contributed by atoms with Crippen molar-refractivity contribution in [2.75, 3.05) is 6.54 Å². The number of urea groups is 1. The SMILES string of the molecule is CC[C@H](NC(=O)NCCc1ccccc1C)C(=O)O. The highest BCUT2D eigenvalue weighted by Crippen LogP contribution is 2.06. The summed E-state index contributed by atoms with van der Waals surface area (Å²) in [6.07, 6.45) is 1.09. The first kappa shape index (κ1) is 15.0. The Morgan fingerprint density at radius 1 is 1.32 bits per heavy atom. The van der Waals surface area contributed by atoms with Crippen LogP contribution in [0.4, 0.5) is 4.79 Å². The van der Waals surface area contributed by atoms with Gasteiger partial charge in [-0.1, -0.05) is 31.2 Å². The number of benzene rings is 1. The molecule has 1 aromatic carbocycles. The van der Waals surface area contributed by atoms with Crippen LogP contribution in [0.3, 0.4) is 0 Å². The summed E-state index contributed by atoms with van der Waals surface area (Å²) in [7, 11) is 0. The molecular formula is C14H20N2O3. The van der Waals surface area contributed by atoms with Gasteiger partial charge in [0.15, 0.2) is 0 Å². The molecule has 0 aliphatic heterocycles. The maximum absolute atomic E-state index is 11.5. The van der Waals surface area contributed by atoms with Gasteiger partial charge in [-0.3, -0.25) is 0 Å². The van der Waals surface area contributed by atoms with Crippen molar-refractivity contribution < 1.29 is 14.7 Å². The Hall–Kier alpha value is -2.04. The van der Waals surface area contributed by atoms with Gasteiger partial charge in [-0.2, -0.15) is 0 Å². The Morgan fingerprint density at radius 2 is 2.00 bits per heavy atom. The predicted octanol–water partition coefficient (Wildman–Crippen LogP) is 1.70. The van der Waals surface area contributed by atoms with E-state index < -0.39 is 18.0 Å². The number of rotatable bonds is 6. The lowest BCUT2D eigenvalue weighted by atomic mass is 10.1. The van der Waals surface area contributed by atoms with E-state index in [4.69, 9.17) is 5.11 Å². The van der Waals surface area contributed by atoms with Gasteiger partial charge < -0.3 is 15.7 Å². The summed E-state index contributed by atoms with van der Waals surface area (Å²) in [4.78, 5) is 22.3. The molecule has 5 nitrogen and oxygen atoms in total. The molecule has 104 valence electrons. The highest BCUT2D eigenvalue weighted by Gasteiger charge is 2.16. The third kappa shape index (κ3) is 4.99. The van der Waals surface area contributed by atoms with E-state index in [9.17, 15) is 9.59 Å². The second kappa shape index (κ2) is 7.41. The second-order valence-corrected chi connectivity index (χ2v) is 4.38. The summed E-state index contributed by atoms with van der Waals surface area (Å²) >= 11 is 0. The summed E-state index contributed by atoms with van der Waals surface area (Å²) in [5, 5.41) is 13.9.